The lowest BCUT2D eigenvalue weighted by molar-refractivity contribution is -0.120. The molecule has 0 saturated carbocycles. The molecule has 0 aliphatic rings. The molecule has 1 heterocycles. The average molecular weight is 322 g/mol. The van der Waals surface area contributed by atoms with Gasteiger partial charge in [0.25, 0.3) is 0 Å². The van der Waals surface area contributed by atoms with Gasteiger partial charge in [-0.05, 0) is 18.1 Å². The molecular weight excluding hydrogens is 304 g/mol. The van der Waals surface area contributed by atoms with Crippen molar-refractivity contribution in [3.8, 4) is 0 Å². The van der Waals surface area contributed by atoms with Gasteiger partial charge >= 0.3 is 0 Å². The Morgan fingerprint density at radius 1 is 1.27 bits per heavy atom. The van der Waals surface area contributed by atoms with E-state index in [-0.39, 0.29) is 0 Å². The molecule has 7 nitrogen and oxygen atoms in total. The Bertz CT molecular complexity index is 724. The minimum absolute atomic E-state index is 0.294. The van der Waals surface area contributed by atoms with Crippen molar-refractivity contribution in [3.05, 3.63) is 48.0 Å². The van der Waals surface area contributed by atoms with E-state index < -0.39 is 21.0 Å². The van der Waals surface area contributed by atoms with Crippen molar-refractivity contribution < 1.29 is 13.2 Å². The highest BCUT2D eigenvalue weighted by molar-refractivity contribution is 7.92. The highest BCUT2D eigenvalue weighted by Gasteiger charge is 2.22. The van der Waals surface area contributed by atoms with E-state index in [1.165, 1.54) is 13.3 Å². The van der Waals surface area contributed by atoms with E-state index in [1.807, 2.05) is 24.3 Å². The summed E-state index contributed by atoms with van der Waals surface area (Å²) in [6.07, 6.45) is 4.17. The largest absolute Gasteiger partial charge is 0.351 e. The predicted octanol–water partition coefficient (Wildman–Crippen LogP) is 0.376. The van der Waals surface area contributed by atoms with Gasteiger partial charge in [-0.3, -0.25) is 4.79 Å². The van der Waals surface area contributed by atoms with Gasteiger partial charge in [0.2, 0.25) is 5.91 Å². The Morgan fingerprint density at radius 3 is 2.45 bits per heavy atom. The second-order valence-electron chi connectivity index (χ2n) is 5.10. The summed E-state index contributed by atoms with van der Waals surface area (Å²) in [5.74, 6) is -0.491. The molecule has 0 fully saturated rings. The van der Waals surface area contributed by atoms with Crippen molar-refractivity contribution in [2.24, 2.45) is 0 Å². The van der Waals surface area contributed by atoms with E-state index in [0.29, 0.717) is 13.1 Å². The van der Waals surface area contributed by atoms with Crippen LogP contribution >= 0.6 is 0 Å². The number of amides is 1. The van der Waals surface area contributed by atoms with Gasteiger partial charge in [0.1, 0.15) is 17.9 Å². The second kappa shape index (κ2) is 6.69. The molecule has 1 aromatic heterocycles. The zero-order valence-electron chi connectivity index (χ0n) is 12.4. The summed E-state index contributed by atoms with van der Waals surface area (Å²) in [6.45, 7) is 2.30. The number of carbonyl (C=O) groups excluding carboxylic acids is 1. The highest BCUT2D eigenvalue weighted by atomic mass is 32.2. The van der Waals surface area contributed by atoms with Crippen molar-refractivity contribution in [3.63, 3.8) is 0 Å². The van der Waals surface area contributed by atoms with Gasteiger partial charge in [-0.15, -0.1) is 0 Å². The van der Waals surface area contributed by atoms with Crippen molar-refractivity contribution in [1.82, 2.24) is 20.1 Å². The topological polar surface area (TPSA) is 93.9 Å². The number of benzene rings is 1. The molecule has 1 N–H and O–H groups in total. The molecule has 0 unspecified atom stereocenters. The second-order valence-corrected chi connectivity index (χ2v) is 7.47. The SMILES string of the molecule is C[C@@H](C(=O)NCc1ccc(Cn2cncn2)cc1)S(C)(=O)=O. The fraction of sp³-hybridized carbons (Fsp3) is 0.357. The predicted molar refractivity (Wildman–Crippen MR) is 81.7 cm³/mol. The van der Waals surface area contributed by atoms with Gasteiger partial charge in [0.05, 0.1) is 6.54 Å². The molecule has 2 aromatic rings. The quantitative estimate of drug-likeness (QED) is 0.829. The number of rotatable bonds is 6. The van der Waals surface area contributed by atoms with Crippen molar-refractivity contribution in [2.45, 2.75) is 25.3 Å². The zero-order chi connectivity index (χ0) is 16.2. The van der Waals surface area contributed by atoms with Gasteiger partial charge in [-0.1, -0.05) is 24.3 Å². The lowest BCUT2D eigenvalue weighted by Gasteiger charge is -2.10. The maximum Gasteiger partial charge on any atom is 0.238 e. The molecule has 0 saturated heterocycles. The first kappa shape index (κ1) is 16.2. The van der Waals surface area contributed by atoms with Crippen molar-refractivity contribution in [1.29, 1.82) is 0 Å². The molecule has 1 atom stereocenters. The van der Waals surface area contributed by atoms with Crippen LogP contribution in [0.1, 0.15) is 18.1 Å². The summed E-state index contributed by atoms with van der Waals surface area (Å²) < 4.78 is 24.3. The number of nitrogens with one attached hydrogen (secondary N) is 1. The maximum absolute atomic E-state index is 11.7. The fourth-order valence-electron chi connectivity index (χ4n) is 1.79. The van der Waals surface area contributed by atoms with Crippen molar-refractivity contribution >= 4 is 15.7 Å². The standard InChI is InChI=1S/C14H18N4O3S/c1-11(22(2,20)21)14(19)16-7-12-3-5-13(6-4-12)8-18-10-15-9-17-18/h3-6,9-11H,7-8H2,1-2H3,(H,16,19)/t11-/m0/s1. The Labute approximate surface area is 129 Å². The van der Waals surface area contributed by atoms with Crippen LogP contribution in [0.15, 0.2) is 36.9 Å². The van der Waals surface area contributed by atoms with Gasteiger partial charge in [-0.2, -0.15) is 5.10 Å². The molecule has 22 heavy (non-hydrogen) atoms. The van der Waals surface area contributed by atoms with Crippen LogP contribution in [-0.4, -0.2) is 40.6 Å². The summed E-state index contributed by atoms with van der Waals surface area (Å²) in [6, 6.07) is 7.64. The Kier molecular flexibility index (Phi) is 4.92. The smallest absolute Gasteiger partial charge is 0.238 e. The number of hydrogen-bond donors (Lipinski definition) is 1. The number of hydrogen-bond acceptors (Lipinski definition) is 5. The molecule has 0 spiro atoms. The molecule has 118 valence electrons. The number of nitrogens with zero attached hydrogens (tertiary/aromatic N) is 3. The molecule has 1 amide bonds. The summed E-state index contributed by atoms with van der Waals surface area (Å²) in [4.78, 5) is 15.6. The van der Waals surface area contributed by atoms with Crippen LogP contribution in [0.5, 0.6) is 0 Å². The third-order valence-corrected chi connectivity index (χ3v) is 4.81. The van der Waals surface area contributed by atoms with Crippen LogP contribution in [0, 0.1) is 0 Å². The van der Waals surface area contributed by atoms with Crippen LogP contribution in [0.4, 0.5) is 0 Å². The van der Waals surface area contributed by atoms with Gasteiger partial charge in [-0.25, -0.2) is 18.1 Å². The lowest BCUT2D eigenvalue weighted by Crippen LogP contribution is -2.36. The van der Waals surface area contributed by atoms with Crippen molar-refractivity contribution in [2.75, 3.05) is 6.26 Å². The summed E-state index contributed by atoms with van der Waals surface area (Å²) >= 11 is 0. The van der Waals surface area contributed by atoms with Gasteiger partial charge < -0.3 is 5.32 Å². The summed E-state index contributed by atoms with van der Waals surface area (Å²) in [5.41, 5.74) is 1.96. The minimum Gasteiger partial charge on any atom is -0.351 e. The van der Waals surface area contributed by atoms with Crippen LogP contribution in [-0.2, 0) is 27.7 Å². The summed E-state index contributed by atoms with van der Waals surface area (Å²) in [5, 5.41) is 5.61. The summed E-state index contributed by atoms with van der Waals surface area (Å²) in [7, 11) is -3.37. The normalized spacial score (nSPS) is 12.8. The molecule has 1 aromatic carbocycles. The van der Waals surface area contributed by atoms with E-state index in [2.05, 4.69) is 15.4 Å². The Hall–Kier alpha value is -2.22. The molecule has 8 heteroatoms. The van der Waals surface area contributed by atoms with E-state index in [4.69, 9.17) is 0 Å². The van der Waals surface area contributed by atoms with Crippen LogP contribution < -0.4 is 5.32 Å². The molecule has 0 bridgehead atoms. The third kappa shape index (κ3) is 4.39. The minimum atomic E-state index is -3.37. The van der Waals surface area contributed by atoms with Crippen LogP contribution in [0.2, 0.25) is 0 Å². The monoisotopic (exact) mass is 322 g/mol. The van der Waals surface area contributed by atoms with Crippen LogP contribution in [0.25, 0.3) is 0 Å². The first-order chi connectivity index (χ1) is 10.4. The third-order valence-electron chi connectivity index (χ3n) is 3.31. The number of sulfone groups is 1. The first-order valence-electron chi connectivity index (χ1n) is 6.73. The van der Waals surface area contributed by atoms with E-state index >= 15 is 0 Å². The molecule has 0 aliphatic carbocycles. The van der Waals surface area contributed by atoms with E-state index in [0.717, 1.165) is 17.4 Å². The van der Waals surface area contributed by atoms with E-state index in [9.17, 15) is 13.2 Å². The number of aromatic nitrogens is 3. The van der Waals surface area contributed by atoms with E-state index in [1.54, 1.807) is 11.0 Å². The Morgan fingerprint density at radius 2 is 1.91 bits per heavy atom. The lowest BCUT2D eigenvalue weighted by atomic mass is 10.1. The molecule has 0 aliphatic heterocycles. The molecular formula is C14H18N4O3S. The average Bonchev–Trinajstić information content (AvgIpc) is 2.97. The molecule has 2 rings (SSSR count). The van der Waals surface area contributed by atoms with Gasteiger partial charge in [0, 0.05) is 12.8 Å². The Balaban J connectivity index is 1.90. The highest BCUT2D eigenvalue weighted by Crippen LogP contribution is 2.06. The zero-order valence-corrected chi connectivity index (χ0v) is 13.2. The first-order valence-corrected chi connectivity index (χ1v) is 8.68. The maximum atomic E-state index is 11.7. The fourth-order valence-corrected chi connectivity index (χ4v) is 2.26. The molecule has 0 radical (unpaired) electrons. The van der Waals surface area contributed by atoms with Crippen LogP contribution in [0.3, 0.4) is 0 Å². The van der Waals surface area contributed by atoms with Gasteiger partial charge in [0.15, 0.2) is 9.84 Å². The number of carbonyl (C=O) groups is 1.